The van der Waals surface area contributed by atoms with Crippen molar-refractivity contribution >= 4 is 21.8 Å². The molecule has 208 valence electrons. The molecule has 0 aliphatic carbocycles. The number of nitrogens with zero attached hydrogens (tertiary/aromatic N) is 1. The van der Waals surface area contributed by atoms with Gasteiger partial charge < -0.3 is 25.1 Å². The number of methoxy groups -OCH3 is 2. The van der Waals surface area contributed by atoms with Gasteiger partial charge >= 0.3 is 0 Å². The van der Waals surface area contributed by atoms with E-state index in [1.165, 1.54) is 0 Å². The maximum atomic E-state index is 12.6. The molecule has 2 aromatic rings. The molecular weight excluding hydrogens is 516 g/mol. The molecule has 2 aromatic carbocycles. The van der Waals surface area contributed by atoms with E-state index in [1.54, 1.807) is 38.5 Å². The molecule has 0 aliphatic rings. The molecule has 2 rings (SSSR count). The number of hydrogen-bond donors (Lipinski definition) is 2. The minimum atomic E-state index is -3.81. The molecule has 0 spiro atoms. The largest absolute Gasteiger partial charge is 0.493 e. The van der Waals surface area contributed by atoms with Crippen molar-refractivity contribution in [3.63, 3.8) is 0 Å². The lowest BCUT2D eigenvalue weighted by atomic mass is 9.83. The van der Waals surface area contributed by atoms with Crippen LogP contribution < -0.4 is 15.2 Å². The average Bonchev–Trinajstić information content (AvgIpc) is 2.86. The Kier molecular flexibility index (Phi) is 13.1. The Morgan fingerprint density at radius 1 is 1.03 bits per heavy atom. The van der Waals surface area contributed by atoms with Gasteiger partial charge in [-0.05, 0) is 59.7 Å². The highest BCUT2D eigenvalue weighted by Gasteiger charge is 2.28. The van der Waals surface area contributed by atoms with Crippen LogP contribution in [0.15, 0.2) is 48.5 Å². The molecule has 3 atom stereocenters. The van der Waals surface area contributed by atoms with Gasteiger partial charge in [0.1, 0.15) is 0 Å². The Balaban J connectivity index is 2.00. The number of nitrogens with two attached hydrogens (primary N) is 1. The number of ether oxygens (including phenoxy) is 3. The SMILES string of the molecule is COCCCOc1cc(C[C@@H](C[C@H](N)[C@@H](O)CN(Cl)S(=O)(=O)Cc2ccccc2)C(C)C)ccc1OC. The smallest absolute Gasteiger partial charge is 0.231 e. The molecule has 0 saturated heterocycles. The minimum absolute atomic E-state index is 0.143. The van der Waals surface area contributed by atoms with Gasteiger partial charge in [0.15, 0.2) is 11.5 Å². The van der Waals surface area contributed by atoms with E-state index in [2.05, 4.69) is 13.8 Å². The lowest BCUT2D eigenvalue weighted by Crippen LogP contribution is -2.44. The summed E-state index contributed by atoms with van der Waals surface area (Å²) in [5.74, 6) is 1.50. The maximum Gasteiger partial charge on any atom is 0.231 e. The van der Waals surface area contributed by atoms with Gasteiger partial charge in [-0.1, -0.05) is 50.2 Å². The third-order valence-corrected chi connectivity index (χ3v) is 8.53. The van der Waals surface area contributed by atoms with Crippen LogP contribution in [0.3, 0.4) is 0 Å². The summed E-state index contributed by atoms with van der Waals surface area (Å²) < 4.78 is 42.4. The molecule has 0 unspecified atom stereocenters. The molecule has 0 saturated carbocycles. The highest BCUT2D eigenvalue weighted by molar-refractivity contribution is 7.89. The van der Waals surface area contributed by atoms with Crippen LogP contribution in [-0.2, 0) is 26.9 Å². The van der Waals surface area contributed by atoms with Crippen molar-refractivity contribution in [2.45, 2.75) is 51.0 Å². The van der Waals surface area contributed by atoms with E-state index in [0.29, 0.717) is 46.9 Å². The summed E-state index contributed by atoms with van der Waals surface area (Å²) in [4.78, 5) is 0. The van der Waals surface area contributed by atoms with E-state index in [1.807, 2.05) is 24.3 Å². The summed E-state index contributed by atoms with van der Waals surface area (Å²) in [6.45, 7) is 5.05. The molecule has 0 aromatic heterocycles. The number of benzene rings is 2. The molecular formula is C27H41ClN2O6S. The lowest BCUT2D eigenvalue weighted by molar-refractivity contribution is 0.118. The van der Waals surface area contributed by atoms with E-state index >= 15 is 0 Å². The second kappa shape index (κ2) is 15.5. The van der Waals surface area contributed by atoms with Crippen LogP contribution in [0.25, 0.3) is 0 Å². The van der Waals surface area contributed by atoms with Crippen molar-refractivity contribution in [2.75, 3.05) is 34.0 Å². The fraction of sp³-hybridized carbons (Fsp3) is 0.556. The third kappa shape index (κ3) is 10.4. The highest BCUT2D eigenvalue weighted by atomic mass is 35.5. The number of sulfonamides is 1. The quantitative estimate of drug-likeness (QED) is 0.224. The summed E-state index contributed by atoms with van der Waals surface area (Å²) in [7, 11) is -0.547. The molecule has 0 amide bonds. The summed E-state index contributed by atoms with van der Waals surface area (Å²) in [5, 5.41) is 10.7. The molecule has 3 N–H and O–H groups in total. The topological polar surface area (TPSA) is 111 Å². The predicted molar refractivity (Wildman–Crippen MR) is 147 cm³/mol. The zero-order valence-corrected chi connectivity index (χ0v) is 23.7. The molecule has 0 fully saturated rings. The van der Waals surface area contributed by atoms with Crippen molar-refractivity contribution in [2.24, 2.45) is 17.6 Å². The van der Waals surface area contributed by atoms with Gasteiger partial charge in [0, 0.05) is 26.2 Å². The number of hydrogen-bond acceptors (Lipinski definition) is 7. The van der Waals surface area contributed by atoms with E-state index < -0.39 is 22.2 Å². The normalized spacial score (nSPS) is 14.5. The monoisotopic (exact) mass is 556 g/mol. The molecule has 37 heavy (non-hydrogen) atoms. The average molecular weight is 557 g/mol. The van der Waals surface area contributed by atoms with Gasteiger partial charge in [-0.15, -0.1) is 3.82 Å². The van der Waals surface area contributed by atoms with Crippen molar-refractivity contribution < 1.29 is 27.7 Å². The number of aliphatic hydroxyl groups excluding tert-OH is 1. The fourth-order valence-corrected chi connectivity index (χ4v) is 5.42. The van der Waals surface area contributed by atoms with E-state index in [0.717, 1.165) is 12.0 Å². The van der Waals surface area contributed by atoms with Crippen molar-refractivity contribution in [3.05, 3.63) is 59.7 Å². The van der Waals surface area contributed by atoms with Crippen LogP contribution in [0.4, 0.5) is 0 Å². The number of rotatable bonds is 17. The first-order chi connectivity index (χ1) is 17.6. The minimum Gasteiger partial charge on any atom is -0.493 e. The van der Waals surface area contributed by atoms with Crippen LogP contribution >= 0.6 is 11.8 Å². The first kappa shape index (κ1) is 31.3. The van der Waals surface area contributed by atoms with Gasteiger partial charge in [-0.3, -0.25) is 0 Å². The summed E-state index contributed by atoms with van der Waals surface area (Å²) in [6, 6.07) is 14.0. The molecule has 0 bridgehead atoms. The summed E-state index contributed by atoms with van der Waals surface area (Å²) in [5.41, 5.74) is 8.02. The zero-order valence-electron chi connectivity index (χ0n) is 22.2. The molecule has 10 heteroatoms. The fourth-order valence-electron chi connectivity index (χ4n) is 4.00. The Morgan fingerprint density at radius 3 is 2.35 bits per heavy atom. The Bertz CT molecular complexity index is 1040. The Morgan fingerprint density at radius 2 is 1.73 bits per heavy atom. The Labute approximate surface area is 226 Å². The first-order valence-electron chi connectivity index (χ1n) is 12.5. The van der Waals surface area contributed by atoms with Crippen LogP contribution in [-0.4, -0.2) is 63.5 Å². The molecule has 0 aliphatic heterocycles. The van der Waals surface area contributed by atoms with Gasteiger partial charge in [-0.2, -0.15) is 0 Å². The lowest BCUT2D eigenvalue weighted by Gasteiger charge is -2.28. The van der Waals surface area contributed by atoms with Crippen LogP contribution in [0.5, 0.6) is 11.5 Å². The van der Waals surface area contributed by atoms with E-state index in [4.69, 9.17) is 31.7 Å². The third-order valence-electron chi connectivity index (χ3n) is 6.31. The van der Waals surface area contributed by atoms with Gasteiger partial charge in [0.2, 0.25) is 10.0 Å². The maximum absolute atomic E-state index is 12.6. The molecule has 8 nitrogen and oxygen atoms in total. The zero-order chi connectivity index (χ0) is 27.4. The van der Waals surface area contributed by atoms with E-state index in [-0.39, 0.29) is 24.1 Å². The standard InChI is InChI=1S/C27H41ClN2O6S/c1-20(2)23(15-22-11-12-26(35-4)27(16-22)36-14-8-13-34-3)17-24(29)25(31)18-30(28)37(32,33)19-21-9-6-5-7-10-21/h5-7,9-12,16,20,23-25,31H,8,13-15,17-19,29H2,1-4H3/t23-,24-,25-/m0/s1. The van der Waals surface area contributed by atoms with Gasteiger partial charge in [-0.25, -0.2) is 8.42 Å². The van der Waals surface area contributed by atoms with Crippen LogP contribution in [0, 0.1) is 11.8 Å². The summed E-state index contributed by atoms with van der Waals surface area (Å²) >= 11 is 6.09. The summed E-state index contributed by atoms with van der Waals surface area (Å²) in [6.07, 6.45) is 0.871. The molecule has 0 heterocycles. The van der Waals surface area contributed by atoms with Crippen molar-refractivity contribution in [1.29, 1.82) is 0 Å². The van der Waals surface area contributed by atoms with Crippen molar-refractivity contribution in [1.82, 2.24) is 3.82 Å². The highest BCUT2D eigenvalue weighted by Crippen LogP contribution is 2.31. The Hall–Kier alpha value is -1.88. The first-order valence-corrected chi connectivity index (χ1v) is 14.4. The van der Waals surface area contributed by atoms with Gasteiger partial charge in [0.25, 0.3) is 0 Å². The van der Waals surface area contributed by atoms with Crippen LogP contribution in [0.2, 0.25) is 0 Å². The van der Waals surface area contributed by atoms with Crippen molar-refractivity contribution in [3.8, 4) is 11.5 Å². The predicted octanol–water partition coefficient (Wildman–Crippen LogP) is 3.99. The second-order valence-corrected chi connectivity index (χ2v) is 12.1. The number of halogens is 1. The molecule has 0 radical (unpaired) electrons. The van der Waals surface area contributed by atoms with E-state index in [9.17, 15) is 13.5 Å². The number of aliphatic hydroxyl groups is 1. The van der Waals surface area contributed by atoms with Crippen LogP contribution in [0.1, 0.15) is 37.8 Å². The van der Waals surface area contributed by atoms with Gasteiger partial charge in [0.05, 0.1) is 32.1 Å². The second-order valence-electron chi connectivity index (χ2n) is 9.57.